The third kappa shape index (κ3) is 3.58. The summed E-state index contributed by atoms with van der Waals surface area (Å²) in [4.78, 5) is 10.6. The highest BCUT2D eigenvalue weighted by Crippen LogP contribution is 1.98. The van der Waals surface area contributed by atoms with Crippen LogP contribution in [0, 0.1) is 17.2 Å². The predicted molar refractivity (Wildman–Crippen MR) is 39.5 cm³/mol. The van der Waals surface area contributed by atoms with Crippen molar-refractivity contribution >= 4 is 5.91 Å². The fourth-order valence-electron chi connectivity index (χ4n) is 0.567. The van der Waals surface area contributed by atoms with Gasteiger partial charge in [-0.05, 0) is 5.92 Å². The molecule has 0 aromatic carbocycles. The predicted octanol–water partition coefficient (Wildman–Crippen LogP) is -0.357. The van der Waals surface area contributed by atoms with Gasteiger partial charge in [0.1, 0.15) is 12.6 Å². The molecule has 11 heavy (non-hydrogen) atoms. The van der Waals surface area contributed by atoms with E-state index in [0.29, 0.717) is 0 Å². The van der Waals surface area contributed by atoms with Crippen molar-refractivity contribution in [1.29, 1.82) is 5.26 Å². The van der Waals surface area contributed by atoms with E-state index in [-0.39, 0.29) is 5.92 Å². The summed E-state index contributed by atoms with van der Waals surface area (Å²) in [5, 5.41) is 19.2. The molecule has 0 radical (unpaired) electrons. The van der Waals surface area contributed by atoms with Crippen molar-refractivity contribution in [3.8, 4) is 6.07 Å². The summed E-state index contributed by atoms with van der Waals surface area (Å²) in [7, 11) is 0. The Kier molecular flexibility index (Phi) is 4.23. The van der Waals surface area contributed by atoms with Crippen LogP contribution in [0.4, 0.5) is 0 Å². The Morgan fingerprint density at radius 1 is 1.73 bits per heavy atom. The number of hydrogen-bond donors (Lipinski definition) is 2. The Balaban J connectivity index is 3.91. The number of aliphatic hydroxyl groups is 1. The van der Waals surface area contributed by atoms with E-state index in [9.17, 15) is 4.79 Å². The van der Waals surface area contributed by atoms with Crippen molar-refractivity contribution in [2.75, 3.05) is 6.61 Å². The highest BCUT2D eigenvalue weighted by molar-refractivity contribution is 5.77. The molecule has 0 spiro atoms. The van der Waals surface area contributed by atoms with E-state index in [2.05, 4.69) is 5.32 Å². The minimum absolute atomic E-state index is 0.0653. The van der Waals surface area contributed by atoms with E-state index in [4.69, 9.17) is 10.4 Å². The smallest absolute Gasteiger partial charge is 0.246 e. The van der Waals surface area contributed by atoms with Crippen LogP contribution in [0.5, 0.6) is 0 Å². The number of carbonyl (C=O) groups excluding carboxylic acids is 1. The van der Waals surface area contributed by atoms with Gasteiger partial charge in [-0.25, -0.2) is 0 Å². The van der Waals surface area contributed by atoms with Crippen LogP contribution >= 0.6 is 0 Å². The topological polar surface area (TPSA) is 73.1 Å². The molecule has 1 atom stereocenters. The number of carbonyl (C=O) groups is 1. The van der Waals surface area contributed by atoms with Crippen LogP contribution in [0.2, 0.25) is 0 Å². The molecule has 62 valence electrons. The lowest BCUT2D eigenvalue weighted by Gasteiger charge is -2.13. The van der Waals surface area contributed by atoms with Crippen molar-refractivity contribution in [3.05, 3.63) is 0 Å². The normalized spacial score (nSPS) is 12.3. The highest BCUT2D eigenvalue weighted by Gasteiger charge is 2.13. The molecule has 2 N–H and O–H groups in total. The van der Waals surface area contributed by atoms with E-state index >= 15 is 0 Å². The van der Waals surface area contributed by atoms with Crippen molar-refractivity contribution in [2.45, 2.75) is 19.9 Å². The van der Waals surface area contributed by atoms with Crippen LogP contribution in [0.25, 0.3) is 0 Å². The molecular weight excluding hydrogens is 144 g/mol. The van der Waals surface area contributed by atoms with Crippen LogP contribution in [-0.4, -0.2) is 23.7 Å². The lowest BCUT2D eigenvalue weighted by molar-refractivity contribution is -0.124. The maximum atomic E-state index is 10.6. The monoisotopic (exact) mass is 156 g/mol. The number of amides is 1. The number of nitriles is 1. The molecule has 0 rings (SSSR count). The Morgan fingerprint density at radius 3 is 2.55 bits per heavy atom. The summed E-state index contributed by atoms with van der Waals surface area (Å²) in [5.74, 6) is -0.444. The fourth-order valence-corrected chi connectivity index (χ4v) is 0.567. The first kappa shape index (κ1) is 9.92. The SMILES string of the molecule is CC(C)C(C#N)NC(=O)CO. The van der Waals surface area contributed by atoms with Gasteiger partial charge in [0, 0.05) is 0 Å². The van der Waals surface area contributed by atoms with Gasteiger partial charge in [-0.15, -0.1) is 0 Å². The second-order valence-electron chi connectivity index (χ2n) is 2.58. The summed E-state index contributed by atoms with van der Waals surface area (Å²) in [6.45, 7) is 3.09. The first-order valence-electron chi connectivity index (χ1n) is 3.41. The number of rotatable bonds is 3. The molecule has 0 saturated heterocycles. The first-order chi connectivity index (χ1) is 5.11. The molecule has 0 aliphatic carbocycles. The molecular formula is C7H12N2O2. The largest absolute Gasteiger partial charge is 0.387 e. The Bertz CT molecular complexity index is 172. The van der Waals surface area contributed by atoms with Crippen LogP contribution < -0.4 is 5.32 Å². The Hall–Kier alpha value is -1.08. The zero-order chi connectivity index (χ0) is 8.85. The molecule has 0 aliphatic rings. The third-order valence-corrected chi connectivity index (χ3v) is 1.27. The summed E-state index contributed by atoms with van der Waals surface area (Å²) < 4.78 is 0. The minimum atomic E-state index is -0.565. The van der Waals surface area contributed by atoms with E-state index in [1.54, 1.807) is 0 Å². The van der Waals surface area contributed by atoms with E-state index in [1.807, 2.05) is 19.9 Å². The van der Waals surface area contributed by atoms with Crippen molar-refractivity contribution < 1.29 is 9.90 Å². The maximum absolute atomic E-state index is 10.6. The van der Waals surface area contributed by atoms with Crippen LogP contribution in [0.1, 0.15) is 13.8 Å². The lowest BCUT2D eigenvalue weighted by Crippen LogP contribution is -2.38. The second kappa shape index (κ2) is 4.69. The van der Waals surface area contributed by atoms with Gasteiger partial charge in [0.15, 0.2) is 0 Å². The van der Waals surface area contributed by atoms with Crippen LogP contribution in [0.15, 0.2) is 0 Å². The van der Waals surface area contributed by atoms with Gasteiger partial charge >= 0.3 is 0 Å². The molecule has 4 heteroatoms. The standard InChI is InChI=1S/C7H12N2O2/c1-5(2)6(3-8)9-7(11)4-10/h5-6,10H,4H2,1-2H3,(H,9,11). The number of nitrogens with zero attached hydrogens (tertiary/aromatic N) is 1. The number of hydrogen-bond acceptors (Lipinski definition) is 3. The van der Waals surface area contributed by atoms with Gasteiger partial charge in [-0.1, -0.05) is 13.8 Å². The average Bonchev–Trinajstić information content (AvgIpc) is 1.99. The summed E-state index contributed by atoms with van der Waals surface area (Å²) in [6.07, 6.45) is 0. The molecule has 0 heterocycles. The molecule has 0 aliphatic heterocycles. The Labute approximate surface area is 65.8 Å². The van der Waals surface area contributed by atoms with Crippen LogP contribution in [-0.2, 0) is 4.79 Å². The first-order valence-corrected chi connectivity index (χ1v) is 3.41. The molecule has 4 nitrogen and oxygen atoms in total. The van der Waals surface area contributed by atoms with Gasteiger partial charge in [0.25, 0.3) is 0 Å². The molecule has 1 amide bonds. The number of nitrogens with one attached hydrogen (secondary N) is 1. The average molecular weight is 156 g/mol. The van der Waals surface area contributed by atoms with E-state index < -0.39 is 18.6 Å². The minimum Gasteiger partial charge on any atom is -0.387 e. The lowest BCUT2D eigenvalue weighted by atomic mass is 10.1. The molecule has 1 unspecified atom stereocenters. The summed E-state index contributed by atoms with van der Waals surface area (Å²) in [6, 6.07) is 1.42. The van der Waals surface area contributed by atoms with Gasteiger partial charge in [-0.2, -0.15) is 5.26 Å². The molecule has 0 aromatic rings. The quantitative estimate of drug-likeness (QED) is 0.586. The molecule has 0 fully saturated rings. The number of aliphatic hydroxyl groups excluding tert-OH is 1. The zero-order valence-corrected chi connectivity index (χ0v) is 6.66. The van der Waals surface area contributed by atoms with E-state index in [0.717, 1.165) is 0 Å². The van der Waals surface area contributed by atoms with Crippen molar-refractivity contribution in [3.63, 3.8) is 0 Å². The molecule has 0 saturated carbocycles. The summed E-state index contributed by atoms with van der Waals surface area (Å²) in [5.41, 5.74) is 0. The Morgan fingerprint density at radius 2 is 2.27 bits per heavy atom. The summed E-state index contributed by atoms with van der Waals surface area (Å²) >= 11 is 0. The third-order valence-electron chi connectivity index (χ3n) is 1.27. The second-order valence-corrected chi connectivity index (χ2v) is 2.58. The van der Waals surface area contributed by atoms with Crippen molar-refractivity contribution in [2.24, 2.45) is 5.92 Å². The molecule has 0 aromatic heterocycles. The van der Waals surface area contributed by atoms with Gasteiger partial charge < -0.3 is 10.4 Å². The maximum Gasteiger partial charge on any atom is 0.246 e. The zero-order valence-electron chi connectivity index (χ0n) is 6.66. The van der Waals surface area contributed by atoms with Gasteiger partial charge in [-0.3, -0.25) is 4.79 Å². The molecule has 0 bridgehead atoms. The highest BCUT2D eigenvalue weighted by atomic mass is 16.3. The van der Waals surface area contributed by atoms with Gasteiger partial charge in [0.2, 0.25) is 5.91 Å². The van der Waals surface area contributed by atoms with E-state index in [1.165, 1.54) is 0 Å². The fraction of sp³-hybridized carbons (Fsp3) is 0.714. The van der Waals surface area contributed by atoms with Gasteiger partial charge in [0.05, 0.1) is 6.07 Å². The van der Waals surface area contributed by atoms with Crippen LogP contribution in [0.3, 0.4) is 0 Å². The van der Waals surface area contributed by atoms with Crippen molar-refractivity contribution in [1.82, 2.24) is 5.32 Å².